The molecule has 8 heteroatoms. The van der Waals surface area contributed by atoms with Crippen LogP contribution in [0.3, 0.4) is 0 Å². The molecule has 0 radical (unpaired) electrons. The fraction of sp³-hybridized carbons (Fsp3) is 0.600. The van der Waals surface area contributed by atoms with Crippen molar-refractivity contribution in [3.8, 4) is 11.5 Å². The van der Waals surface area contributed by atoms with Crippen LogP contribution in [-0.2, 0) is 21.7 Å². The Morgan fingerprint density at radius 2 is 1.93 bits per heavy atom. The number of benzene rings is 1. The first-order chi connectivity index (χ1) is 13.5. The lowest BCUT2D eigenvalue weighted by Gasteiger charge is -2.26. The predicted molar refractivity (Wildman–Crippen MR) is 104 cm³/mol. The Labute approximate surface area is 165 Å². The molecule has 0 spiro atoms. The molecule has 0 bridgehead atoms. The van der Waals surface area contributed by atoms with Crippen molar-refractivity contribution < 1.29 is 22.4 Å². The maximum Gasteiger partial charge on any atom is 0.226 e. The number of sulfone groups is 1. The lowest BCUT2D eigenvalue weighted by atomic mass is 9.78. The van der Waals surface area contributed by atoms with E-state index in [2.05, 4.69) is 5.16 Å². The second-order valence-electron chi connectivity index (χ2n) is 7.84. The average molecular weight is 407 g/mol. The molecule has 1 aromatic heterocycles. The highest BCUT2D eigenvalue weighted by molar-refractivity contribution is 7.91. The van der Waals surface area contributed by atoms with Crippen molar-refractivity contribution in [1.82, 2.24) is 10.1 Å². The van der Waals surface area contributed by atoms with Crippen LogP contribution in [-0.4, -0.2) is 44.3 Å². The molecule has 4 rings (SSSR count). The van der Waals surface area contributed by atoms with Gasteiger partial charge >= 0.3 is 0 Å². The number of methoxy groups -OCH3 is 2. The Morgan fingerprint density at radius 3 is 2.57 bits per heavy atom. The Bertz CT molecular complexity index is 947. The highest BCUT2D eigenvalue weighted by Crippen LogP contribution is 2.47. The number of aromatic nitrogens is 2. The quantitative estimate of drug-likeness (QED) is 0.728. The van der Waals surface area contributed by atoms with Crippen LogP contribution >= 0.6 is 0 Å². The van der Waals surface area contributed by atoms with Gasteiger partial charge < -0.3 is 14.0 Å². The van der Waals surface area contributed by atoms with Crippen molar-refractivity contribution in [2.24, 2.45) is 5.92 Å². The average Bonchev–Trinajstić information content (AvgIpc) is 3.42. The van der Waals surface area contributed by atoms with Crippen LogP contribution in [0.4, 0.5) is 0 Å². The van der Waals surface area contributed by atoms with E-state index in [1.54, 1.807) is 14.2 Å². The molecule has 1 atom stereocenters. The molecular weight excluding hydrogens is 380 g/mol. The monoisotopic (exact) mass is 406 g/mol. The van der Waals surface area contributed by atoms with Crippen molar-refractivity contribution in [3.05, 3.63) is 35.5 Å². The van der Waals surface area contributed by atoms with Gasteiger partial charge in [0.05, 0.1) is 31.1 Å². The van der Waals surface area contributed by atoms with E-state index >= 15 is 0 Å². The first kappa shape index (κ1) is 19.2. The largest absolute Gasteiger partial charge is 0.493 e. The molecule has 0 unspecified atom stereocenters. The Kier molecular flexibility index (Phi) is 5.07. The molecular formula is C20H26N2O5S. The molecule has 152 valence electrons. The van der Waals surface area contributed by atoms with Gasteiger partial charge in [0.2, 0.25) is 5.89 Å². The van der Waals surface area contributed by atoms with Crippen molar-refractivity contribution >= 4 is 9.84 Å². The summed E-state index contributed by atoms with van der Waals surface area (Å²) in [5.41, 5.74) is 0.793. The van der Waals surface area contributed by atoms with E-state index in [4.69, 9.17) is 19.0 Å². The van der Waals surface area contributed by atoms with Crippen molar-refractivity contribution in [1.29, 1.82) is 0 Å². The molecule has 1 aliphatic heterocycles. The molecule has 2 aromatic rings. The smallest absolute Gasteiger partial charge is 0.226 e. The van der Waals surface area contributed by atoms with Crippen LogP contribution in [0, 0.1) is 5.92 Å². The van der Waals surface area contributed by atoms with Gasteiger partial charge in [0.15, 0.2) is 27.2 Å². The van der Waals surface area contributed by atoms with Crippen LogP contribution in [0.15, 0.2) is 22.7 Å². The maximum atomic E-state index is 11.7. The molecule has 1 aromatic carbocycles. The van der Waals surface area contributed by atoms with Gasteiger partial charge in [-0.05, 0) is 42.9 Å². The molecule has 1 saturated carbocycles. The fourth-order valence-corrected chi connectivity index (χ4v) is 6.43. The van der Waals surface area contributed by atoms with Gasteiger partial charge in [-0.1, -0.05) is 24.1 Å². The molecule has 0 amide bonds. The standard InChI is InChI=1S/C20H26N2O5S/c1-25-16-6-5-15(12-17(16)26-2)20(8-3-4-9-20)19-21-18(27-22-19)11-14-7-10-28(23,24)13-14/h5-6,12,14H,3-4,7-11,13H2,1-2H3/t14-/m1/s1. The molecule has 2 heterocycles. The number of nitrogens with zero attached hydrogens (tertiary/aromatic N) is 2. The molecule has 0 N–H and O–H groups in total. The van der Waals surface area contributed by atoms with Crippen LogP contribution in [0.2, 0.25) is 0 Å². The number of ether oxygens (including phenoxy) is 2. The summed E-state index contributed by atoms with van der Waals surface area (Å²) in [6.07, 6.45) is 5.27. The topological polar surface area (TPSA) is 91.5 Å². The van der Waals surface area contributed by atoms with Crippen LogP contribution in [0.5, 0.6) is 11.5 Å². The Balaban J connectivity index is 1.63. The number of hydrogen-bond donors (Lipinski definition) is 0. The highest BCUT2D eigenvalue weighted by Gasteiger charge is 2.42. The second kappa shape index (κ2) is 7.39. The van der Waals surface area contributed by atoms with E-state index in [1.165, 1.54) is 0 Å². The van der Waals surface area contributed by atoms with Gasteiger partial charge in [0, 0.05) is 6.42 Å². The molecule has 2 fully saturated rings. The third-order valence-electron chi connectivity index (χ3n) is 6.08. The number of rotatable bonds is 6. The summed E-state index contributed by atoms with van der Waals surface area (Å²) in [5.74, 6) is 3.14. The normalized spacial score (nSPS) is 23.0. The summed E-state index contributed by atoms with van der Waals surface area (Å²) in [6, 6.07) is 5.97. The first-order valence-corrected chi connectivity index (χ1v) is 11.5. The lowest BCUT2D eigenvalue weighted by molar-refractivity contribution is 0.343. The summed E-state index contributed by atoms with van der Waals surface area (Å²) in [6.45, 7) is 0. The third-order valence-corrected chi connectivity index (χ3v) is 7.92. The Morgan fingerprint density at radius 1 is 1.18 bits per heavy atom. The summed E-state index contributed by atoms with van der Waals surface area (Å²) < 4.78 is 39.8. The second-order valence-corrected chi connectivity index (χ2v) is 10.1. The van der Waals surface area contributed by atoms with Gasteiger partial charge in [0.1, 0.15) is 0 Å². The van der Waals surface area contributed by atoms with E-state index < -0.39 is 9.84 Å². The SMILES string of the molecule is COc1ccc(C2(c3noc(C[C@H]4CCS(=O)(=O)C4)n3)CCCC2)cc1OC. The van der Waals surface area contributed by atoms with E-state index in [-0.39, 0.29) is 22.8 Å². The van der Waals surface area contributed by atoms with Gasteiger partial charge in [-0.15, -0.1) is 0 Å². The third kappa shape index (κ3) is 3.50. The minimum atomic E-state index is -2.91. The molecule has 1 saturated heterocycles. The van der Waals surface area contributed by atoms with E-state index in [0.717, 1.165) is 31.2 Å². The van der Waals surface area contributed by atoms with Crippen LogP contribution in [0.25, 0.3) is 0 Å². The van der Waals surface area contributed by atoms with E-state index in [1.807, 2.05) is 18.2 Å². The molecule has 28 heavy (non-hydrogen) atoms. The van der Waals surface area contributed by atoms with Crippen molar-refractivity contribution in [3.63, 3.8) is 0 Å². The molecule has 1 aliphatic carbocycles. The summed E-state index contributed by atoms with van der Waals surface area (Å²) in [5, 5.41) is 4.32. The van der Waals surface area contributed by atoms with Crippen LogP contribution in [0.1, 0.15) is 49.4 Å². The maximum absolute atomic E-state index is 11.7. The van der Waals surface area contributed by atoms with Gasteiger partial charge in [-0.3, -0.25) is 0 Å². The fourth-order valence-electron chi connectivity index (χ4n) is 4.57. The van der Waals surface area contributed by atoms with E-state index in [9.17, 15) is 8.42 Å². The summed E-state index contributed by atoms with van der Waals surface area (Å²) in [4.78, 5) is 4.71. The number of hydrogen-bond acceptors (Lipinski definition) is 7. The highest BCUT2D eigenvalue weighted by atomic mass is 32.2. The first-order valence-electron chi connectivity index (χ1n) is 9.72. The van der Waals surface area contributed by atoms with Gasteiger partial charge in [0.25, 0.3) is 0 Å². The summed E-state index contributed by atoms with van der Waals surface area (Å²) in [7, 11) is 0.343. The minimum Gasteiger partial charge on any atom is -0.493 e. The lowest BCUT2D eigenvalue weighted by Crippen LogP contribution is -2.25. The van der Waals surface area contributed by atoms with Crippen molar-refractivity contribution in [2.75, 3.05) is 25.7 Å². The zero-order valence-corrected chi connectivity index (χ0v) is 17.1. The van der Waals surface area contributed by atoms with Crippen LogP contribution < -0.4 is 9.47 Å². The minimum absolute atomic E-state index is 0.0684. The van der Waals surface area contributed by atoms with E-state index in [0.29, 0.717) is 36.1 Å². The Hall–Kier alpha value is -2.09. The predicted octanol–water partition coefficient (Wildman–Crippen LogP) is 2.92. The zero-order valence-electron chi connectivity index (χ0n) is 16.3. The summed E-state index contributed by atoms with van der Waals surface area (Å²) >= 11 is 0. The van der Waals surface area contributed by atoms with Gasteiger partial charge in [-0.25, -0.2) is 8.42 Å². The molecule has 7 nitrogen and oxygen atoms in total. The van der Waals surface area contributed by atoms with Crippen molar-refractivity contribution in [2.45, 2.75) is 43.9 Å². The van der Waals surface area contributed by atoms with Gasteiger partial charge in [-0.2, -0.15) is 4.98 Å². The molecule has 2 aliphatic rings. The zero-order chi connectivity index (χ0) is 19.8.